The molecule has 1 aliphatic rings. The first-order chi connectivity index (χ1) is 13.0. The average Bonchev–Trinajstić information content (AvgIpc) is 2.99. The smallest absolute Gasteiger partial charge is 0.294 e. The van der Waals surface area contributed by atoms with Crippen molar-refractivity contribution in [2.24, 2.45) is 5.92 Å². The lowest BCUT2D eigenvalue weighted by molar-refractivity contribution is -0.137. The van der Waals surface area contributed by atoms with Crippen molar-refractivity contribution >= 4 is 15.8 Å². The Bertz CT molecular complexity index is 962. The molecular formula is C18H20F3N3O3S. The molecule has 1 atom stereocenters. The molecule has 1 aromatic heterocycles. The minimum atomic E-state index is -4.47. The number of halogens is 3. The molecule has 2 aromatic rings. The van der Waals surface area contributed by atoms with E-state index in [-0.39, 0.29) is 29.3 Å². The van der Waals surface area contributed by atoms with Crippen LogP contribution in [0.1, 0.15) is 40.2 Å². The SMILES string of the molecule is Cc1n[nH]c(C)c1S(=O)(=O)N1CCC[C@H](C(=O)c2ccc(C(F)(F)F)cc2)C1. The number of aromatic amines is 1. The molecule has 2 heterocycles. The Morgan fingerprint density at radius 3 is 2.39 bits per heavy atom. The first-order valence-corrected chi connectivity index (χ1v) is 10.2. The number of rotatable bonds is 4. The van der Waals surface area contributed by atoms with Gasteiger partial charge in [-0.05, 0) is 38.8 Å². The zero-order chi connectivity index (χ0) is 20.7. The van der Waals surface area contributed by atoms with E-state index < -0.39 is 27.7 Å². The molecule has 152 valence electrons. The zero-order valence-electron chi connectivity index (χ0n) is 15.4. The van der Waals surface area contributed by atoms with Crippen LogP contribution < -0.4 is 0 Å². The zero-order valence-corrected chi connectivity index (χ0v) is 16.2. The quantitative estimate of drug-likeness (QED) is 0.777. The Labute approximate surface area is 160 Å². The van der Waals surface area contributed by atoms with Gasteiger partial charge in [0.2, 0.25) is 10.0 Å². The largest absolute Gasteiger partial charge is 0.416 e. The molecule has 1 fully saturated rings. The first-order valence-electron chi connectivity index (χ1n) is 8.75. The van der Waals surface area contributed by atoms with Gasteiger partial charge in [0, 0.05) is 24.6 Å². The highest BCUT2D eigenvalue weighted by atomic mass is 32.2. The van der Waals surface area contributed by atoms with Gasteiger partial charge in [0.15, 0.2) is 5.78 Å². The van der Waals surface area contributed by atoms with Crippen LogP contribution in [0.5, 0.6) is 0 Å². The predicted octanol–water partition coefficient (Wildman–Crippen LogP) is 3.33. The molecule has 1 N–H and O–H groups in total. The molecule has 0 aliphatic carbocycles. The van der Waals surface area contributed by atoms with E-state index in [1.165, 1.54) is 4.31 Å². The fraction of sp³-hybridized carbons (Fsp3) is 0.444. The summed E-state index contributed by atoms with van der Waals surface area (Å²) in [4.78, 5) is 12.8. The van der Waals surface area contributed by atoms with Crippen molar-refractivity contribution in [2.45, 2.75) is 37.8 Å². The highest BCUT2D eigenvalue weighted by molar-refractivity contribution is 7.89. The van der Waals surface area contributed by atoms with Crippen molar-refractivity contribution < 1.29 is 26.4 Å². The van der Waals surface area contributed by atoms with Crippen molar-refractivity contribution in [2.75, 3.05) is 13.1 Å². The summed E-state index contributed by atoms with van der Waals surface area (Å²) in [5.74, 6) is -0.956. The Morgan fingerprint density at radius 2 is 1.86 bits per heavy atom. The van der Waals surface area contributed by atoms with Crippen molar-refractivity contribution in [1.82, 2.24) is 14.5 Å². The summed E-state index contributed by atoms with van der Waals surface area (Å²) < 4.78 is 65.3. The van der Waals surface area contributed by atoms with Gasteiger partial charge in [-0.25, -0.2) is 8.42 Å². The molecule has 0 saturated carbocycles. The number of aryl methyl sites for hydroxylation is 2. The number of ketones is 1. The number of benzene rings is 1. The Kier molecular flexibility index (Phi) is 5.37. The molecule has 6 nitrogen and oxygen atoms in total. The van der Waals surface area contributed by atoms with Crippen LogP contribution >= 0.6 is 0 Å². The lowest BCUT2D eigenvalue weighted by Gasteiger charge is -2.31. The monoisotopic (exact) mass is 415 g/mol. The molecule has 1 aliphatic heterocycles. The number of hydrogen-bond donors (Lipinski definition) is 1. The minimum Gasteiger partial charge on any atom is -0.294 e. The molecule has 0 radical (unpaired) electrons. The fourth-order valence-corrected chi connectivity index (χ4v) is 5.34. The highest BCUT2D eigenvalue weighted by Crippen LogP contribution is 2.31. The maximum atomic E-state index is 13.0. The third-order valence-corrected chi connectivity index (χ3v) is 7.04. The fourth-order valence-electron chi connectivity index (χ4n) is 3.48. The molecular weight excluding hydrogens is 395 g/mol. The highest BCUT2D eigenvalue weighted by Gasteiger charge is 2.36. The minimum absolute atomic E-state index is 0.00769. The van der Waals surface area contributed by atoms with Gasteiger partial charge in [-0.1, -0.05) is 12.1 Å². The number of H-pyrrole nitrogens is 1. The van der Waals surface area contributed by atoms with Crippen LogP contribution in [0.15, 0.2) is 29.2 Å². The normalized spacial score (nSPS) is 19.0. The molecule has 0 spiro atoms. The van der Waals surface area contributed by atoms with Crippen molar-refractivity contribution in [3.8, 4) is 0 Å². The van der Waals surface area contributed by atoms with E-state index >= 15 is 0 Å². The Hall–Kier alpha value is -2.20. The standard InChI is InChI=1S/C18H20F3N3O3S/c1-11-17(12(2)23-22-11)28(26,27)24-9-3-4-14(10-24)16(25)13-5-7-15(8-6-13)18(19,20)21/h5-8,14H,3-4,9-10H2,1-2H3,(H,22,23)/t14-/m0/s1. The van der Waals surface area contributed by atoms with Gasteiger partial charge >= 0.3 is 6.18 Å². The molecule has 0 amide bonds. The van der Waals surface area contributed by atoms with Crippen LogP contribution in [-0.2, 0) is 16.2 Å². The summed E-state index contributed by atoms with van der Waals surface area (Å²) in [5, 5.41) is 6.56. The van der Waals surface area contributed by atoms with Crippen LogP contribution in [-0.4, -0.2) is 41.8 Å². The lowest BCUT2D eigenvalue weighted by Crippen LogP contribution is -2.42. The number of aromatic nitrogens is 2. The first kappa shape index (κ1) is 20.5. The summed E-state index contributed by atoms with van der Waals surface area (Å²) in [6.45, 7) is 3.47. The molecule has 0 unspecified atom stereocenters. The Balaban J connectivity index is 1.80. The number of piperidine rings is 1. The van der Waals surface area contributed by atoms with E-state index in [9.17, 15) is 26.4 Å². The Morgan fingerprint density at radius 1 is 1.21 bits per heavy atom. The van der Waals surface area contributed by atoms with Crippen LogP contribution in [0.2, 0.25) is 0 Å². The third-order valence-electron chi connectivity index (χ3n) is 4.91. The van der Waals surface area contributed by atoms with Gasteiger partial charge in [0.1, 0.15) is 4.90 Å². The molecule has 0 bridgehead atoms. The van der Waals surface area contributed by atoms with E-state index in [1.54, 1.807) is 13.8 Å². The second kappa shape index (κ2) is 7.32. The summed E-state index contributed by atoms with van der Waals surface area (Å²) in [6, 6.07) is 4.01. The molecule has 10 heteroatoms. The van der Waals surface area contributed by atoms with Crippen molar-refractivity contribution in [3.05, 3.63) is 46.8 Å². The predicted molar refractivity (Wildman–Crippen MR) is 95.3 cm³/mol. The number of sulfonamides is 1. The van der Waals surface area contributed by atoms with Gasteiger partial charge in [0.25, 0.3) is 0 Å². The average molecular weight is 415 g/mol. The summed E-state index contributed by atoms with van der Waals surface area (Å²) in [6.07, 6.45) is -3.50. The number of carbonyl (C=O) groups is 1. The van der Waals surface area contributed by atoms with Gasteiger partial charge < -0.3 is 0 Å². The van der Waals surface area contributed by atoms with E-state index in [4.69, 9.17) is 0 Å². The van der Waals surface area contributed by atoms with Crippen LogP contribution in [0.3, 0.4) is 0 Å². The second-order valence-corrected chi connectivity index (χ2v) is 8.78. The van der Waals surface area contributed by atoms with E-state index in [0.717, 1.165) is 24.3 Å². The van der Waals surface area contributed by atoms with E-state index in [1.807, 2.05) is 0 Å². The van der Waals surface area contributed by atoms with E-state index in [2.05, 4.69) is 10.2 Å². The number of alkyl halides is 3. The van der Waals surface area contributed by atoms with Gasteiger partial charge in [-0.3, -0.25) is 9.89 Å². The van der Waals surface area contributed by atoms with Crippen LogP contribution in [0.25, 0.3) is 0 Å². The number of carbonyl (C=O) groups excluding carboxylic acids is 1. The second-order valence-electron chi connectivity index (χ2n) is 6.90. The maximum Gasteiger partial charge on any atom is 0.416 e. The number of Topliss-reactive ketones (excluding diaryl/α,β-unsaturated/α-hetero) is 1. The summed E-state index contributed by atoms with van der Waals surface area (Å²) >= 11 is 0. The number of nitrogens with one attached hydrogen (secondary N) is 1. The lowest BCUT2D eigenvalue weighted by atomic mass is 9.90. The summed E-state index contributed by atoms with van der Waals surface area (Å²) in [5.41, 5.74) is 0.0955. The van der Waals surface area contributed by atoms with Gasteiger partial charge in [-0.2, -0.15) is 22.6 Å². The summed E-state index contributed by atoms with van der Waals surface area (Å²) in [7, 11) is -3.82. The van der Waals surface area contributed by atoms with Gasteiger partial charge in [0.05, 0.1) is 17.0 Å². The maximum absolute atomic E-state index is 13.0. The van der Waals surface area contributed by atoms with Crippen LogP contribution in [0, 0.1) is 19.8 Å². The van der Waals surface area contributed by atoms with Crippen molar-refractivity contribution in [1.29, 1.82) is 0 Å². The number of nitrogens with zero attached hydrogens (tertiary/aromatic N) is 2. The topological polar surface area (TPSA) is 83.1 Å². The van der Waals surface area contributed by atoms with E-state index in [0.29, 0.717) is 24.2 Å². The van der Waals surface area contributed by atoms with Gasteiger partial charge in [-0.15, -0.1) is 0 Å². The van der Waals surface area contributed by atoms with Crippen molar-refractivity contribution in [3.63, 3.8) is 0 Å². The molecule has 1 aromatic carbocycles. The molecule has 1 saturated heterocycles. The third kappa shape index (κ3) is 3.83. The van der Waals surface area contributed by atoms with Crippen LogP contribution in [0.4, 0.5) is 13.2 Å². The molecule has 28 heavy (non-hydrogen) atoms. The number of hydrogen-bond acceptors (Lipinski definition) is 4. The molecule has 3 rings (SSSR count).